The number of hydrogen-bond donors (Lipinski definition) is 3. The Labute approximate surface area is 159 Å². The Hall–Kier alpha value is -2.64. The van der Waals surface area contributed by atoms with E-state index >= 15 is 0 Å². The third kappa shape index (κ3) is 4.37. The molecule has 3 aromatic rings. The summed E-state index contributed by atoms with van der Waals surface area (Å²) in [5.74, 6) is -0.0647. The van der Waals surface area contributed by atoms with E-state index in [9.17, 15) is 13.2 Å². The SMILES string of the molecule is CC[C@@H](C)c1ccc(S(=O)(=O)NNC(=O)Cc2c[nH]c3ccccc23)cc1. The molecule has 0 aliphatic carbocycles. The van der Waals surface area contributed by atoms with Crippen molar-refractivity contribution in [2.75, 3.05) is 0 Å². The third-order valence-electron chi connectivity index (χ3n) is 4.72. The molecular formula is C20H23N3O3S. The Morgan fingerprint density at radius 2 is 1.81 bits per heavy atom. The van der Waals surface area contributed by atoms with Gasteiger partial charge in [-0.1, -0.05) is 44.2 Å². The van der Waals surface area contributed by atoms with Crippen molar-refractivity contribution in [3.8, 4) is 0 Å². The smallest absolute Gasteiger partial charge is 0.257 e. The number of fused-ring (bicyclic) bond motifs is 1. The van der Waals surface area contributed by atoms with E-state index in [0.717, 1.165) is 28.5 Å². The van der Waals surface area contributed by atoms with Gasteiger partial charge in [-0.25, -0.2) is 8.42 Å². The molecule has 0 aliphatic heterocycles. The molecule has 142 valence electrons. The molecule has 7 heteroatoms. The van der Waals surface area contributed by atoms with Crippen LogP contribution in [0.25, 0.3) is 10.9 Å². The molecule has 0 spiro atoms. The zero-order valence-corrected chi connectivity index (χ0v) is 16.1. The van der Waals surface area contributed by atoms with E-state index in [2.05, 4.69) is 29.1 Å². The first kappa shape index (κ1) is 19.1. The molecule has 0 aliphatic rings. The maximum absolute atomic E-state index is 12.4. The predicted octanol–water partition coefficient (Wildman–Crippen LogP) is 3.23. The van der Waals surface area contributed by atoms with Gasteiger partial charge in [0.05, 0.1) is 11.3 Å². The van der Waals surface area contributed by atoms with Crippen LogP contribution in [0.3, 0.4) is 0 Å². The van der Waals surface area contributed by atoms with Crippen LogP contribution in [0.5, 0.6) is 0 Å². The highest BCUT2D eigenvalue weighted by molar-refractivity contribution is 7.89. The van der Waals surface area contributed by atoms with Crippen LogP contribution in [0.2, 0.25) is 0 Å². The number of rotatable bonds is 7. The lowest BCUT2D eigenvalue weighted by atomic mass is 9.99. The second-order valence-corrected chi connectivity index (χ2v) is 8.25. The van der Waals surface area contributed by atoms with Crippen molar-refractivity contribution in [1.29, 1.82) is 0 Å². The van der Waals surface area contributed by atoms with Crippen molar-refractivity contribution in [2.24, 2.45) is 0 Å². The van der Waals surface area contributed by atoms with Crippen LogP contribution < -0.4 is 10.3 Å². The quantitative estimate of drug-likeness (QED) is 0.545. The van der Waals surface area contributed by atoms with Crippen LogP contribution in [0.15, 0.2) is 59.6 Å². The largest absolute Gasteiger partial charge is 0.361 e. The number of aromatic nitrogens is 1. The van der Waals surface area contributed by atoms with E-state index in [1.807, 2.05) is 24.3 Å². The topological polar surface area (TPSA) is 91.1 Å². The maximum atomic E-state index is 12.4. The summed E-state index contributed by atoms with van der Waals surface area (Å²) in [6, 6.07) is 14.3. The lowest BCUT2D eigenvalue weighted by Gasteiger charge is -2.11. The summed E-state index contributed by atoms with van der Waals surface area (Å²) in [5.41, 5.74) is 5.10. The maximum Gasteiger partial charge on any atom is 0.257 e. The highest BCUT2D eigenvalue weighted by Crippen LogP contribution is 2.20. The van der Waals surface area contributed by atoms with Crippen molar-refractivity contribution >= 4 is 26.8 Å². The number of H-pyrrole nitrogens is 1. The summed E-state index contributed by atoms with van der Waals surface area (Å²) in [4.78, 5) is 17.5. The van der Waals surface area contributed by atoms with Gasteiger partial charge in [0.15, 0.2) is 0 Å². The van der Waals surface area contributed by atoms with Gasteiger partial charge >= 0.3 is 0 Å². The number of sulfonamides is 1. The van der Waals surface area contributed by atoms with Gasteiger partial charge in [0.25, 0.3) is 10.0 Å². The minimum absolute atomic E-state index is 0.0689. The lowest BCUT2D eigenvalue weighted by Crippen LogP contribution is -2.42. The Morgan fingerprint density at radius 3 is 2.52 bits per heavy atom. The van der Waals surface area contributed by atoms with E-state index in [0.29, 0.717) is 5.92 Å². The highest BCUT2D eigenvalue weighted by atomic mass is 32.2. The minimum Gasteiger partial charge on any atom is -0.361 e. The zero-order valence-electron chi connectivity index (χ0n) is 15.3. The molecule has 0 fully saturated rings. The van der Waals surface area contributed by atoms with E-state index < -0.39 is 15.9 Å². The third-order valence-corrected chi connectivity index (χ3v) is 5.99. The number of benzene rings is 2. The molecule has 6 nitrogen and oxygen atoms in total. The van der Waals surface area contributed by atoms with Crippen LogP contribution in [-0.4, -0.2) is 19.3 Å². The molecule has 3 rings (SSSR count). The van der Waals surface area contributed by atoms with Gasteiger partial charge < -0.3 is 4.98 Å². The fourth-order valence-corrected chi connectivity index (χ4v) is 3.75. The number of para-hydroxylation sites is 1. The fraction of sp³-hybridized carbons (Fsp3) is 0.250. The van der Waals surface area contributed by atoms with Gasteiger partial charge in [-0.15, -0.1) is 4.83 Å². The van der Waals surface area contributed by atoms with E-state index in [1.54, 1.807) is 30.5 Å². The van der Waals surface area contributed by atoms with Crippen molar-refractivity contribution in [3.05, 3.63) is 65.9 Å². The van der Waals surface area contributed by atoms with Crippen LogP contribution in [0.1, 0.15) is 37.3 Å². The van der Waals surface area contributed by atoms with E-state index in [-0.39, 0.29) is 11.3 Å². The minimum atomic E-state index is -3.82. The molecule has 27 heavy (non-hydrogen) atoms. The number of hydrazine groups is 1. The Balaban J connectivity index is 1.63. The van der Waals surface area contributed by atoms with Crippen molar-refractivity contribution in [2.45, 2.75) is 37.5 Å². The molecule has 1 aromatic heterocycles. The Morgan fingerprint density at radius 1 is 1.11 bits per heavy atom. The monoisotopic (exact) mass is 385 g/mol. The van der Waals surface area contributed by atoms with E-state index in [1.165, 1.54) is 0 Å². The summed E-state index contributed by atoms with van der Waals surface area (Å²) < 4.78 is 24.7. The highest BCUT2D eigenvalue weighted by Gasteiger charge is 2.16. The molecule has 0 unspecified atom stereocenters. The van der Waals surface area contributed by atoms with Crippen molar-refractivity contribution < 1.29 is 13.2 Å². The number of amides is 1. The number of nitrogens with one attached hydrogen (secondary N) is 3. The second-order valence-electron chi connectivity index (χ2n) is 6.57. The molecule has 0 saturated carbocycles. The lowest BCUT2D eigenvalue weighted by molar-refractivity contribution is -0.120. The molecular weight excluding hydrogens is 362 g/mol. The van der Waals surface area contributed by atoms with Crippen molar-refractivity contribution in [3.63, 3.8) is 0 Å². The summed E-state index contributed by atoms with van der Waals surface area (Å²) in [6.07, 6.45) is 2.81. The molecule has 0 bridgehead atoms. The van der Waals surface area contributed by atoms with Crippen LogP contribution in [0.4, 0.5) is 0 Å². The summed E-state index contributed by atoms with van der Waals surface area (Å²) in [7, 11) is -3.82. The molecule has 1 atom stereocenters. The molecule has 1 heterocycles. The number of hydrogen-bond acceptors (Lipinski definition) is 3. The van der Waals surface area contributed by atoms with Gasteiger partial charge in [-0.05, 0) is 41.7 Å². The Bertz CT molecular complexity index is 1040. The first-order valence-corrected chi connectivity index (χ1v) is 10.3. The number of carbonyl (C=O) groups is 1. The number of aromatic amines is 1. The Kier molecular flexibility index (Phi) is 5.62. The first-order valence-electron chi connectivity index (χ1n) is 8.86. The van der Waals surface area contributed by atoms with Crippen LogP contribution in [0, 0.1) is 0 Å². The zero-order chi connectivity index (χ0) is 19.4. The normalized spacial score (nSPS) is 12.8. The average Bonchev–Trinajstić information content (AvgIpc) is 3.09. The number of carbonyl (C=O) groups excluding carboxylic acids is 1. The van der Waals surface area contributed by atoms with Gasteiger partial charge in [0, 0.05) is 17.1 Å². The van der Waals surface area contributed by atoms with Crippen LogP contribution >= 0.6 is 0 Å². The average molecular weight is 385 g/mol. The predicted molar refractivity (Wildman–Crippen MR) is 106 cm³/mol. The molecule has 1 amide bonds. The van der Waals surface area contributed by atoms with Crippen LogP contribution in [-0.2, 0) is 21.2 Å². The standard InChI is InChI=1S/C20H23N3O3S/c1-3-14(2)15-8-10-17(11-9-15)27(25,26)23-22-20(24)12-16-13-21-19-7-5-4-6-18(16)19/h4-11,13-14,21,23H,3,12H2,1-2H3,(H,22,24)/t14-/m1/s1. The van der Waals surface area contributed by atoms with Gasteiger partial charge in [0.1, 0.15) is 0 Å². The molecule has 3 N–H and O–H groups in total. The van der Waals surface area contributed by atoms with E-state index in [4.69, 9.17) is 0 Å². The van der Waals surface area contributed by atoms with Crippen molar-refractivity contribution in [1.82, 2.24) is 15.2 Å². The van der Waals surface area contributed by atoms with Gasteiger partial charge in [-0.3, -0.25) is 10.2 Å². The summed E-state index contributed by atoms with van der Waals surface area (Å²) in [6.45, 7) is 4.17. The van der Waals surface area contributed by atoms with Gasteiger partial charge in [0.2, 0.25) is 5.91 Å². The molecule has 2 aromatic carbocycles. The van der Waals surface area contributed by atoms with Gasteiger partial charge in [-0.2, -0.15) is 0 Å². The second kappa shape index (κ2) is 7.94. The summed E-state index contributed by atoms with van der Waals surface area (Å²) in [5, 5.41) is 0.941. The molecule has 0 radical (unpaired) electrons. The summed E-state index contributed by atoms with van der Waals surface area (Å²) >= 11 is 0. The first-order chi connectivity index (χ1) is 12.9. The fourth-order valence-electron chi connectivity index (χ4n) is 2.89. The molecule has 0 saturated heterocycles.